The monoisotopic (exact) mass is 417 g/mol. The lowest BCUT2D eigenvalue weighted by Gasteiger charge is -2.35. The van der Waals surface area contributed by atoms with Gasteiger partial charge in [-0.2, -0.15) is 8.78 Å². The topological polar surface area (TPSA) is 61.9 Å². The molecule has 1 fully saturated rings. The molecular weight excluding hydrogens is 392 g/mol. The number of carbonyl (C=O) groups excluding carboxylic acids is 2. The van der Waals surface area contributed by atoms with Crippen molar-refractivity contribution in [3.8, 4) is 5.75 Å². The van der Waals surface area contributed by atoms with Crippen LogP contribution in [0.2, 0.25) is 0 Å². The first kappa shape index (κ1) is 21.7. The number of aryl methyl sites for hydroxylation is 1. The molecule has 1 heterocycles. The van der Waals surface area contributed by atoms with Crippen LogP contribution in [-0.4, -0.2) is 60.9 Å². The van der Waals surface area contributed by atoms with Crippen LogP contribution in [-0.2, 0) is 11.3 Å². The number of hydrogen-bond donors (Lipinski definition) is 1. The van der Waals surface area contributed by atoms with Crippen molar-refractivity contribution in [3.05, 3.63) is 65.2 Å². The second-order valence-corrected chi connectivity index (χ2v) is 7.14. The molecule has 0 saturated carbocycles. The molecule has 0 bridgehead atoms. The third-order valence-electron chi connectivity index (χ3n) is 5.13. The molecule has 0 aromatic heterocycles. The van der Waals surface area contributed by atoms with Crippen LogP contribution in [0, 0.1) is 6.92 Å². The number of halogens is 2. The summed E-state index contributed by atoms with van der Waals surface area (Å²) in [5.74, 6) is -1.05. The standard InChI is InChI=1S/C22H25F2N3O3/c1-16-6-2-3-7-17(16)15-26-10-12-27(13-11-26)20(28)14-25-21(29)18-8-4-5-9-19(18)30-22(23)24/h2-9,22H,10-15H2,1H3,(H,25,29). The van der Waals surface area contributed by atoms with Crippen LogP contribution in [0.1, 0.15) is 21.5 Å². The molecule has 6 nitrogen and oxygen atoms in total. The maximum Gasteiger partial charge on any atom is 0.387 e. The van der Waals surface area contributed by atoms with E-state index in [4.69, 9.17) is 0 Å². The van der Waals surface area contributed by atoms with Gasteiger partial charge >= 0.3 is 6.61 Å². The maximum absolute atomic E-state index is 12.5. The van der Waals surface area contributed by atoms with Crippen molar-refractivity contribution >= 4 is 11.8 Å². The Kier molecular flexibility index (Phi) is 7.35. The van der Waals surface area contributed by atoms with Gasteiger partial charge in [0.05, 0.1) is 12.1 Å². The Balaban J connectivity index is 1.47. The molecule has 0 unspecified atom stereocenters. The maximum atomic E-state index is 12.5. The third-order valence-corrected chi connectivity index (χ3v) is 5.13. The molecule has 8 heteroatoms. The highest BCUT2D eigenvalue weighted by atomic mass is 19.3. The minimum Gasteiger partial charge on any atom is -0.434 e. The van der Waals surface area contributed by atoms with Crippen LogP contribution >= 0.6 is 0 Å². The number of piperazine rings is 1. The summed E-state index contributed by atoms with van der Waals surface area (Å²) in [6.45, 7) is 2.35. The van der Waals surface area contributed by atoms with E-state index < -0.39 is 12.5 Å². The van der Waals surface area contributed by atoms with Crippen molar-refractivity contribution in [1.29, 1.82) is 0 Å². The molecule has 3 rings (SSSR count). The van der Waals surface area contributed by atoms with Crippen LogP contribution in [0.15, 0.2) is 48.5 Å². The van der Waals surface area contributed by atoms with Gasteiger partial charge in [-0.1, -0.05) is 36.4 Å². The number of benzene rings is 2. The van der Waals surface area contributed by atoms with E-state index in [2.05, 4.69) is 34.0 Å². The molecule has 2 amide bonds. The molecule has 160 valence electrons. The molecule has 0 radical (unpaired) electrons. The van der Waals surface area contributed by atoms with E-state index in [1.54, 1.807) is 11.0 Å². The molecule has 0 atom stereocenters. The normalized spacial score (nSPS) is 14.6. The summed E-state index contributed by atoms with van der Waals surface area (Å²) < 4.78 is 29.4. The fourth-order valence-electron chi connectivity index (χ4n) is 3.40. The van der Waals surface area contributed by atoms with Crippen molar-refractivity contribution in [2.75, 3.05) is 32.7 Å². The van der Waals surface area contributed by atoms with E-state index in [9.17, 15) is 18.4 Å². The summed E-state index contributed by atoms with van der Waals surface area (Å²) in [6.07, 6.45) is 0. The zero-order valence-corrected chi connectivity index (χ0v) is 16.8. The Morgan fingerprint density at radius 2 is 1.70 bits per heavy atom. The largest absolute Gasteiger partial charge is 0.434 e. The van der Waals surface area contributed by atoms with Crippen molar-refractivity contribution in [3.63, 3.8) is 0 Å². The number of nitrogens with zero attached hydrogens (tertiary/aromatic N) is 2. The van der Waals surface area contributed by atoms with Crippen molar-refractivity contribution in [2.45, 2.75) is 20.1 Å². The summed E-state index contributed by atoms with van der Waals surface area (Å²) in [7, 11) is 0. The molecule has 1 N–H and O–H groups in total. The Labute approximate surface area is 174 Å². The highest BCUT2D eigenvalue weighted by Crippen LogP contribution is 2.20. The van der Waals surface area contributed by atoms with Crippen LogP contribution in [0.4, 0.5) is 8.78 Å². The minimum atomic E-state index is -3.03. The first-order valence-electron chi connectivity index (χ1n) is 9.80. The Morgan fingerprint density at radius 3 is 2.40 bits per heavy atom. The number of alkyl halides is 2. The zero-order chi connectivity index (χ0) is 21.5. The lowest BCUT2D eigenvalue weighted by molar-refractivity contribution is -0.131. The second-order valence-electron chi connectivity index (χ2n) is 7.14. The van der Waals surface area contributed by atoms with Gasteiger partial charge in [0.2, 0.25) is 5.91 Å². The van der Waals surface area contributed by atoms with E-state index in [1.165, 1.54) is 29.3 Å². The molecule has 30 heavy (non-hydrogen) atoms. The minimum absolute atomic E-state index is 0.0337. The van der Waals surface area contributed by atoms with Gasteiger partial charge in [-0.25, -0.2) is 0 Å². The summed E-state index contributed by atoms with van der Waals surface area (Å²) in [6, 6.07) is 13.9. The van der Waals surface area contributed by atoms with Gasteiger partial charge in [0.25, 0.3) is 5.91 Å². The number of rotatable bonds is 7. The van der Waals surface area contributed by atoms with E-state index in [0.29, 0.717) is 13.1 Å². The number of amides is 2. The van der Waals surface area contributed by atoms with Crippen LogP contribution in [0.25, 0.3) is 0 Å². The van der Waals surface area contributed by atoms with Gasteiger partial charge < -0.3 is 15.0 Å². The predicted molar refractivity (Wildman–Crippen MR) is 108 cm³/mol. The molecule has 2 aromatic rings. The number of hydrogen-bond acceptors (Lipinski definition) is 4. The summed E-state index contributed by atoms with van der Waals surface area (Å²) in [4.78, 5) is 28.8. The van der Waals surface area contributed by atoms with Gasteiger partial charge in [0, 0.05) is 32.7 Å². The van der Waals surface area contributed by atoms with Gasteiger partial charge in [-0.3, -0.25) is 14.5 Å². The molecule has 0 aliphatic carbocycles. The van der Waals surface area contributed by atoms with Crippen molar-refractivity contribution in [1.82, 2.24) is 15.1 Å². The van der Waals surface area contributed by atoms with E-state index in [-0.39, 0.29) is 23.8 Å². The lowest BCUT2D eigenvalue weighted by Crippen LogP contribution is -2.50. The van der Waals surface area contributed by atoms with Crippen LogP contribution < -0.4 is 10.1 Å². The average Bonchev–Trinajstić information content (AvgIpc) is 2.74. The third kappa shape index (κ3) is 5.76. The zero-order valence-electron chi connectivity index (χ0n) is 16.8. The Morgan fingerprint density at radius 1 is 1.03 bits per heavy atom. The van der Waals surface area contributed by atoms with Gasteiger partial charge in [-0.15, -0.1) is 0 Å². The van der Waals surface area contributed by atoms with E-state index >= 15 is 0 Å². The van der Waals surface area contributed by atoms with E-state index in [0.717, 1.165) is 19.6 Å². The summed E-state index contributed by atoms with van der Waals surface area (Å²) in [5.41, 5.74) is 2.48. The number of ether oxygens (including phenoxy) is 1. The summed E-state index contributed by atoms with van der Waals surface area (Å²) >= 11 is 0. The Hall–Kier alpha value is -3.00. The van der Waals surface area contributed by atoms with Crippen LogP contribution in [0.3, 0.4) is 0 Å². The number of para-hydroxylation sites is 1. The smallest absolute Gasteiger partial charge is 0.387 e. The predicted octanol–water partition coefficient (Wildman–Crippen LogP) is 2.67. The van der Waals surface area contributed by atoms with Crippen molar-refractivity contribution in [2.24, 2.45) is 0 Å². The van der Waals surface area contributed by atoms with Gasteiger partial charge in [0.1, 0.15) is 5.75 Å². The quantitative estimate of drug-likeness (QED) is 0.753. The first-order chi connectivity index (χ1) is 14.4. The van der Waals surface area contributed by atoms with Gasteiger partial charge in [-0.05, 0) is 30.2 Å². The van der Waals surface area contributed by atoms with Crippen molar-refractivity contribution < 1.29 is 23.1 Å². The lowest BCUT2D eigenvalue weighted by atomic mass is 10.1. The second kappa shape index (κ2) is 10.2. The fraction of sp³-hybridized carbons (Fsp3) is 0.364. The fourth-order valence-corrected chi connectivity index (χ4v) is 3.40. The number of nitrogens with one attached hydrogen (secondary N) is 1. The number of carbonyl (C=O) groups is 2. The molecule has 1 saturated heterocycles. The Bertz CT molecular complexity index is 883. The van der Waals surface area contributed by atoms with E-state index in [1.807, 2.05) is 12.1 Å². The van der Waals surface area contributed by atoms with Crippen LogP contribution in [0.5, 0.6) is 5.75 Å². The molecule has 0 spiro atoms. The molecular formula is C22H25F2N3O3. The highest BCUT2D eigenvalue weighted by molar-refractivity contribution is 5.98. The summed E-state index contributed by atoms with van der Waals surface area (Å²) in [5, 5.41) is 2.50. The molecule has 1 aliphatic rings. The average molecular weight is 417 g/mol. The molecule has 1 aliphatic heterocycles. The highest BCUT2D eigenvalue weighted by Gasteiger charge is 2.22. The van der Waals surface area contributed by atoms with Gasteiger partial charge in [0.15, 0.2) is 0 Å². The SMILES string of the molecule is Cc1ccccc1CN1CCN(C(=O)CNC(=O)c2ccccc2OC(F)F)CC1. The first-order valence-corrected chi connectivity index (χ1v) is 9.80. The molecule has 2 aromatic carbocycles.